The second kappa shape index (κ2) is 6.79. The predicted octanol–water partition coefficient (Wildman–Crippen LogP) is 3.84. The van der Waals surface area contributed by atoms with Gasteiger partial charge in [-0.15, -0.1) is 0 Å². The molecule has 4 rings (SSSR count). The molecule has 2 heterocycles. The molecule has 25 heavy (non-hydrogen) atoms. The molecule has 1 atom stereocenters. The van der Waals surface area contributed by atoms with Gasteiger partial charge in [-0.1, -0.05) is 42.5 Å². The van der Waals surface area contributed by atoms with E-state index in [-0.39, 0.29) is 11.7 Å². The summed E-state index contributed by atoms with van der Waals surface area (Å²) >= 11 is 0. The van der Waals surface area contributed by atoms with Crippen LogP contribution in [0.5, 0.6) is 0 Å². The Morgan fingerprint density at radius 1 is 1.08 bits per heavy atom. The van der Waals surface area contributed by atoms with E-state index < -0.39 is 0 Å². The molecule has 1 aromatic carbocycles. The number of ketones is 1. The van der Waals surface area contributed by atoms with Gasteiger partial charge < -0.3 is 4.90 Å². The van der Waals surface area contributed by atoms with Crippen molar-refractivity contribution < 1.29 is 4.79 Å². The van der Waals surface area contributed by atoms with E-state index in [1.807, 2.05) is 25.1 Å². The number of rotatable bonds is 3. The average molecular weight is 333 g/mol. The van der Waals surface area contributed by atoms with Crippen molar-refractivity contribution in [2.75, 3.05) is 18.0 Å². The standard InChI is InChI=1S/C21H23N3O/c1-15-20-18(23-21(22-15)24-11-5-6-12-24)13-17(14-19(20)25)10-9-16-7-3-2-4-8-16/h2-4,7-10,17H,5-6,11-14H2,1H3/b10-9+/t17-/m1/s1. The minimum absolute atomic E-state index is 0.175. The van der Waals surface area contributed by atoms with Crippen molar-refractivity contribution in [3.8, 4) is 0 Å². The van der Waals surface area contributed by atoms with Crippen LogP contribution in [-0.4, -0.2) is 28.8 Å². The normalized spacial score (nSPS) is 20.3. The van der Waals surface area contributed by atoms with Crippen LogP contribution in [0.4, 0.5) is 5.95 Å². The van der Waals surface area contributed by atoms with Gasteiger partial charge in [0.1, 0.15) is 0 Å². The highest BCUT2D eigenvalue weighted by atomic mass is 16.1. The number of hydrogen-bond donors (Lipinski definition) is 0. The van der Waals surface area contributed by atoms with Crippen molar-refractivity contribution in [1.82, 2.24) is 9.97 Å². The first kappa shape index (κ1) is 16.0. The van der Waals surface area contributed by atoms with E-state index >= 15 is 0 Å². The molecule has 1 aromatic heterocycles. The largest absolute Gasteiger partial charge is 0.341 e. The summed E-state index contributed by atoms with van der Waals surface area (Å²) in [5.74, 6) is 1.18. The molecule has 0 spiro atoms. The third kappa shape index (κ3) is 3.34. The first-order valence-corrected chi connectivity index (χ1v) is 9.09. The molecule has 0 N–H and O–H groups in total. The Morgan fingerprint density at radius 3 is 2.60 bits per heavy atom. The molecule has 0 radical (unpaired) electrons. The number of allylic oxidation sites excluding steroid dienone is 1. The van der Waals surface area contributed by atoms with Crippen LogP contribution in [0.2, 0.25) is 0 Å². The fraction of sp³-hybridized carbons (Fsp3) is 0.381. The van der Waals surface area contributed by atoms with Crippen LogP contribution in [0, 0.1) is 12.8 Å². The smallest absolute Gasteiger partial charge is 0.225 e. The topological polar surface area (TPSA) is 46.1 Å². The van der Waals surface area contributed by atoms with Crippen LogP contribution in [0.1, 0.15) is 46.6 Å². The number of nitrogens with zero attached hydrogens (tertiary/aromatic N) is 3. The summed E-state index contributed by atoms with van der Waals surface area (Å²) in [6.45, 7) is 3.98. The highest BCUT2D eigenvalue weighted by molar-refractivity contribution is 5.99. The van der Waals surface area contributed by atoms with Gasteiger partial charge in [0.05, 0.1) is 17.0 Å². The summed E-state index contributed by atoms with van der Waals surface area (Å²) in [6.07, 6.45) is 8.02. The maximum Gasteiger partial charge on any atom is 0.225 e. The third-order valence-electron chi connectivity index (χ3n) is 5.08. The van der Waals surface area contributed by atoms with Crippen LogP contribution in [-0.2, 0) is 6.42 Å². The van der Waals surface area contributed by atoms with Gasteiger partial charge in [-0.2, -0.15) is 0 Å². The molecule has 2 aliphatic rings. The highest BCUT2D eigenvalue weighted by Crippen LogP contribution is 2.29. The average Bonchev–Trinajstić information content (AvgIpc) is 3.15. The number of carbonyl (C=O) groups is 1. The first-order valence-electron chi connectivity index (χ1n) is 9.09. The molecule has 0 saturated carbocycles. The van der Waals surface area contributed by atoms with Gasteiger partial charge >= 0.3 is 0 Å². The molecule has 0 unspecified atom stereocenters. The Morgan fingerprint density at radius 2 is 1.84 bits per heavy atom. The number of aryl methyl sites for hydroxylation is 1. The molecule has 0 bridgehead atoms. The van der Waals surface area contributed by atoms with Crippen LogP contribution >= 0.6 is 0 Å². The van der Waals surface area contributed by atoms with E-state index in [4.69, 9.17) is 4.98 Å². The molecule has 1 aliphatic heterocycles. The van der Waals surface area contributed by atoms with Gasteiger partial charge in [0.25, 0.3) is 0 Å². The summed E-state index contributed by atoms with van der Waals surface area (Å²) in [4.78, 5) is 24.3. The Balaban J connectivity index is 1.60. The lowest BCUT2D eigenvalue weighted by Gasteiger charge is -2.24. The lowest BCUT2D eigenvalue weighted by molar-refractivity contribution is 0.0956. The molecule has 4 nitrogen and oxygen atoms in total. The number of fused-ring (bicyclic) bond motifs is 1. The van der Waals surface area contributed by atoms with E-state index in [9.17, 15) is 4.79 Å². The SMILES string of the molecule is Cc1nc(N2CCCC2)nc2c1C(=O)C[C@H](/C=C/c1ccccc1)C2. The van der Waals surface area contributed by atoms with Gasteiger partial charge in [0.15, 0.2) is 5.78 Å². The molecule has 128 valence electrons. The van der Waals surface area contributed by atoms with E-state index in [1.165, 1.54) is 12.8 Å². The number of carbonyl (C=O) groups excluding carboxylic acids is 1. The van der Waals surface area contributed by atoms with Gasteiger partial charge in [-0.25, -0.2) is 9.97 Å². The maximum absolute atomic E-state index is 12.6. The van der Waals surface area contributed by atoms with Crippen molar-refractivity contribution in [2.24, 2.45) is 5.92 Å². The van der Waals surface area contributed by atoms with E-state index in [1.54, 1.807) is 0 Å². The molecule has 1 fully saturated rings. The number of anilines is 1. The number of Topliss-reactive ketones (excluding diaryl/α,β-unsaturated/α-hetero) is 1. The molecule has 1 saturated heterocycles. The quantitative estimate of drug-likeness (QED) is 0.856. The zero-order valence-electron chi connectivity index (χ0n) is 14.6. The zero-order chi connectivity index (χ0) is 17.2. The molecular weight excluding hydrogens is 310 g/mol. The Kier molecular flexibility index (Phi) is 4.35. The minimum Gasteiger partial charge on any atom is -0.341 e. The Hall–Kier alpha value is -2.49. The second-order valence-electron chi connectivity index (χ2n) is 6.99. The van der Waals surface area contributed by atoms with Crippen molar-refractivity contribution in [2.45, 2.75) is 32.6 Å². The second-order valence-corrected chi connectivity index (χ2v) is 6.99. The predicted molar refractivity (Wildman–Crippen MR) is 99.8 cm³/mol. The molecule has 0 amide bonds. The Labute approximate surface area is 148 Å². The van der Waals surface area contributed by atoms with Crippen molar-refractivity contribution in [1.29, 1.82) is 0 Å². The maximum atomic E-state index is 12.6. The molecular formula is C21H23N3O. The number of aromatic nitrogens is 2. The lowest BCUT2D eigenvalue weighted by atomic mass is 9.85. The Bertz CT molecular complexity index is 807. The molecule has 4 heteroatoms. The molecule has 2 aromatic rings. The van der Waals surface area contributed by atoms with Crippen LogP contribution in [0.25, 0.3) is 6.08 Å². The van der Waals surface area contributed by atoms with E-state index in [2.05, 4.69) is 34.2 Å². The lowest BCUT2D eigenvalue weighted by Crippen LogP contribution is -2.26. The monoisotopic (exact) mass is 333 g/mol. The van der Waals surface area contributed by atoms with Crippen molar-refractivity contribution >= 4 is 17.8 Å². The van der Waals surface area contributed by atoms with Gasteiger partial charge in [-0.05, 0) is 37.7 Å². The summed E-state index contributed by atoms with van der Waals surface area (Å²) < 4.78 is 0. The summed E-state index contributed by atoms with van der Waals surface area (Å²) in [7, 11) is 0. The third-order valence-corrected chi connectivity index (χ3v) is 5.08. The van der Waals surface area contributed by atoms with Crippen molar-refractivity contribution in [3.05, 3.63) is 58.9 Å². The molecule has 1 aliphatic carbocycles. The van der Waals surface area contributed by atoms with Crippen LogP contribution in [0.3, 0.4) is 0 Å². The number of benzene rings is 1. The fourth-order valence-electron chi connectivity index (χ4n) is 3.79. The van der Waals surface area contributed by atoms with Gasteiger partial charge in [0, 0.05) is 19.5 Å². The summed E-state index contributed by atoms with van der Waals surface area (Å²) in [6, 6.07) is 10.2. The van der Waals surface area contributed by atoms with Gasteiger partial charge in [0.2, 0.25) is 5.95 Å². The fourth-order valence-corrected chi connectivity index (χ4v) is 3.79. The minimum atomic E-state index is 0.175. The number of hydrogen-bond acceptors (Lipinski definition) is 4. The summed E-state index contributed by atoms with van der Waals surface area (Å²) in [5, 5.41) is 0. The summed E-state index contributed by atoms with van der Waals surface area (Å²) in [5.41, 5.74) is 3.68. The zero-order valence-corrected chi connectivity index (χ0v) is 14.6. The van der Waals surface area contributed by atoms with Gasteiger partial charge in [-0.3, -0.25) is 4.79 Å². The van der Waals surface area contributed by atoms with Crippen LogP contribution in [0.15, 0.2) is 36.4 Å². The van der Waals surface area contributed by atoms with Crippen LogP contribution < -0.4 is 4.90 Å². The van der Waals surface area contributed by atoms with E-state index in [0.29, 0.717) is 6.42 Å². The van der Waals surface area contributed by atoms with Crippen molar-refractivity contribution in [3.63, 3.8) is 0 Å². The van der Waals surface area contributed by atoms with E-state index in [0.717, 1.165) is 48.0 Å². The first-order chi connectivity index (χ1) is 12.2. The highest BCUT2D eigenvalue weighted by Gasteiger charge is 2.29.